The van der Waals surface area contributed by atoms with Crippen molar-refractivity contribution < 1.29 is 18.0 Å². The first-order chi connectivity index (χ1) is 18.8. The maximum atomic E-state index is 14.8. The second-order valence-corrected chi connectivity index (χ2v) is 10.2. The van der Waals surface area contributed by atoms with Gasteiger partial charge in [-0.05, 0) is 59.4 Å². The van der Waals surface area contributed by atoms with Crippen LogP contribution in [0.4, 0.5) is 19.0 Å². The van der Waals surface area contributed by atoms with Crippen LogP contribution in [-0.4, -0.2) is 54.0 Å². The number of nitrogens with one attached hydrogen (secondary N) is 1. The van der Waals surface area contributed by atoms with Crippen LogP contribution in [0.25, 0.3) is 5.69 Å². The molecular formula is C25H23ClF3N9O. The number of hydrogen-bond acceptors (Lipinski definition) is 7. The van der Waals surface area contributed by atoms with Crippen LogP contribution in [0.3, 0.4) is 0 Å². The molecule has 0 radical (unpaired) electrons. The van der Waals surface area contributed by atoms with Gasteiger partial charge >= 0.3 is 0 Å². The number of aryl methyl sites for hydroxylation is 1. The maximum Gasteiger partial charge on any atom is 0.282 e. The van der Waals surface area contributed by atoms with Crippen molar-refractivity contribution in [3.63, 3.8) is 0 Å². The molecule has 1 aliphatic carbocycles. The van der Waals surface area contributed by atoms with E-state index in [2.05, 4.69) is 30.8 Å². The Morgan fingerprint density at radius 2 is 2.00 bits per heavy atom. The number of hydrogen-bond donors (Lipinski definition) is 1. The van der Waals surface area contributed by atoms with E-state index in [9.17, 15) is 18.0 Å². The summed E-state index contributed by atoms with van der Waals surface area (Å²) in [5.74, 6) is 0.833. The van der Waals surface area contributed by atoms with E-state index in [-0.39, 0.29) is 34.9 Å². The first-order valence-electron chi connectivity index (χ1n) is 12.3. The van der Waals surface area contributed by atoms with Gasteiger partial charge in [-0.3, -0.25) is 9.48 Å². The quantitative estimate of drug-likeness (QED) is 0.352. The number of pyridine rings is 1. The van der Waals surface area contributed by atoms with Crippen LogP contribution in [0.5, 0.6) is 0 Å². The fourth-order valence-electron chi connectivity index (χ4n) is 5.03. The maximum absolute atomic E-state index is 14.8. The fraction of sp³-hybridized carbons (Fsp3) is 0.360. The highest BCUT2D eigenvalue weighted by Gasteiger charge is 2.45. The van der Waals surface area contributed by atoms with Gasteiger partial charge in [0, 0.05) is 37.1 Å². The molecule has 0 spiro atoms. The van der Waals surface area contributed by atoms with E-state index >= 15 is 0 Å². The number of benzene rings is 1. The Labute approximate surface area is 225 Å². The minimum Gasteiger partial charge on any atom is -0.356 e. The molecule has 3 aromatic heterocycles. The molecule has 2 aliphatic rings. The molecule has 1 aliphatic heterocycles. The van der Waals surface area contributed by atoms with Gasteiger partial charge in [0.1, 0.15) is 23.7 Å². The summed E-state index contributed by atoms with van der Waals surface area (Å²) in [4.78, 5) is 20.0. The highest BCUT2D eigenvalue weighted by atomic mass is 35.5. The Bertz CT molecular complexity index is 1530. The number of tetrazole rings is 1. The van der Waals surface area contributed by atoms with Crippen LogP contribution < -0.4 is 10.2 Å². The number of fused-ring (bicyclic) bond motifs is 1. The van der Waals surface area contributed by atoms with Crippen LogP contribution in [0.2, 0.25) is 5.02 Å². The lowest BCUT2D eigenvalue weighted by Crippen LogP contribution is -2.25. The molecule has 1 saturated carbocycles. The van der Waals surface area contributed by atoms with Crippen molar-refractivity contribution in [2.45, 2.75) is 32.9 Å². The molecule has 0 bridgehead atoms. The summed E-state index contributed by atoms with van der Waals surface area (Å²) in [6.07, 6.45) is 0.817. The minimum atomic E-state index is -2.99. The Balaban J connectivity index is 1.20. The Morgan fingerprint density at radius 3 is 2.69 bits per heavy atom. The number of carbonyl (C=O) groups excluding carboxylic acids is 1. The monoisotopic (exact) mass is 557 g/mol. The molecule has 2 fully saturated rings. The molecule has 14 heteroatoms. The Morgan fingerprint density at radius 1 is 1.21 bits per heavy atom. The molecule has 4 heterocycles. The average molecular weight is 558 g/mol. The molecule has 6 rings (SSSR count). The topological polar surface area (TPSA) is 107 Å². The van der Waals surface area contributed by atoms with Crippen molar-refractivity contribution in [1.29, 1.82) is 0 Å². The number of rotatable bonds is 8. The number of alkyl halides is 2. The number of aromatic nitrogens is 7. The average Bonchev–Trinajstić information content (AvgIpc) is 3.34. The molecule has 10 nitrogen and oxygen atoms in total. The van der Waals surface area contributed by atoms with Crippen LogP contribution in [0.15, 0.2) is 36.8 Å². The Kier molecular flexibility index (Phi) is 6.45. The third kappa shape index (κ3) is 4.93. The first kappa shape index (κ1) is 25.3. The standard InChI is InChI=1S/C25H23ClF3N9O/c1-13-14(2-5-21(32-13)36-8-15-6-16(15)9-36)10-37-11-18(23(33-37)24(28)29)25(39)30-7-17-20(38-12-31-34-35-38)4-3-19(26)22(17)27/h2-5,11-12,15-16,24H,6-10H2,1H3,(H,30,39). The van der Waals surface area contributed by atoms with Gasteiger partial charge < -0.3 is 10.2 Å². The predicted octanol–water partition coefficient (Wildman–Crippen LogP) is 3.73. The molecule has 2 unspecified atom stereocenters. The van der Waals surface area contributed by atoms with Crippen molar-refractivity contribution in [3.05, 3.63) is 75.7 Å². The third-order valence-electron chi connectivity index (χ3n) is 7.25. The molecule has 4 aromatic rings. The van der Waals surface area contributed by atoms with E-state index in [1.165, 1.54) is 40.4 Å². The first-order valence-corrected chi connectivity index (χ1v) is 12.7. The Hall–Kier alpha value is -4.00. The van der Waals surface area contributed by atoms with E-state index in [1.807, 2.05) is 19.1 Å². The van der Waals surface area contributed by atoms with Crippen molar-refractivity contribution in [3.8, 4) is 5.69 Å². The summed E-state index contributed by atoms with van der Waals surface area (Å²) in [5.41, 5.74) is 0.814. The van der Waals surface area contributed by atoms with Gasteiger partial charge in [0.05, 0.1) is 22.8 Å². The van der Waals surface area contributed by atoms with Gasteiger partial charge in [0.15, 0.2) is 0 Å². The van der Waals surface area contributed by atoms with Crippen molar-refractivity contribution in [2.24, 2.45) is 11.8 Å². The minimum absolute atomic E-state index is 0.00812. The zero-order chi connectivity index (χ0) is 27.3. The number of amides is 1. The number of halogens is 4. The normalized spacial score (nSPS) is 18.1. The fourth-order valence-corrected chi connectivity index (χ4v) is 5.21. The smallest absolute Gasteiger partial charge is 0.282 e. The lowest BCUT2D eigenvalue weighted by atomic mass is 10.1. The largest absolute Gasteiger partial charge is 0.356 e. The van der Waals surface area contributed by atoms with Crippen LogP contribution in [-0.2, 0) is 13.1 Å². The molecule has 2 atom stereocenters. The summed E-state index contributed by atoms with van der Waals surface area (Å²) in [5, 5.41) is 17.1. The zero-order valence-electron chi connectivity index (χ0n) is 20.7. The molecule has 1 amide bonds. The van der Waals surface area contributed by atoms with E-state index in [1.54, 1.807) is 0 Å². The number of carbonyl (C=O) groups is 1. The van der Waals surface area contributed by atoms with Crippen molar-refractivity contribution in [2.75, 3.05) is 18.0 Å². The van der Waals surface area contributed by atoms with Gasteiger partial charge in [0.25, 0.3) is 12.3 Å². The van der Waals surface area contributed by atoms with Gasteiger partial charge in [-0.15, -0.1) is 5.10 Å². The lowest BCUT2D eigenvalue weighted by molar-refractivity contribution is 0.0936. The summed E-state index contributed by atoms with van der Waals surface area (Å²) in [7, 11) is 0. The zero-order valence-corrected chi connectivity index (χ0v) is 21.5. The van der Waals surface area contributed by atoms with Crippen LogP contribution in [0.1, 0.15) is 45.7 Å². The lowest BCUT2D eigenvalue weighted by Gasteiger charge is -2.20. The van der Waals surface area contributed by atoms with Gasteiger partial charge in [-0.1, -0.05) is 17.7 Å². The number of piperidine rings is 1. The third-order valence-corrected chi connectivity index (χ3v) is 7.54. The molecule has 39 heavy (non-hydrogen) atoms. The van der Waals surface area contributed by atoms with Gasteiger partial charge in [-0.2, -0.15) is 5.10 Å². The molecule has 1 N–H and O–H groups in total. The highest BCUT2D eigenvalue weighted by Crippen LogP contribution is 2.46. The van der Waals surface area contributed by atoms with E-state index in [4.69, 9.17) is 16.6 Å². The van der Waals surface area contributed by atoms with Gasteiger partial charge in [0.2, 0.25) is 0 Å². The van der Waals surface area contributed by atoms with Crippen LogP contribution >= 0.6 is 11.6 Å². The van der Waals surface area contributed by atoms with Crippen LogP contribution in [0, 0.1) is 24.6 Å². The summed E-state index contributed by atoms with van der Waals surface area (Å²) < 4.78 is 45.0. The number of nitrogens with zero attached hydrogens (tertiary/aromatic N) is 8. The van der Waals surface area contributed by atoms with E-state index < -0.39 is 23.8 Å². The van der Waals surface area contributed by atoms with Crippen molar-refractivity contribution in [1.82, 2.24) is 40.3 Å². The van der Waals surface area contributed by atoms with Gasteiger partial charge in [-0.25, -0.2) is 22.8 Å². The molecule has 1 aromatic carbocycles. The molecule has 202 valence electrons. The second-order valence-electron chi connectivity index (χ2n) is 9.80. The molecular weight excluding hydrogens is 535 g/mol. The summed E-state index contributed by atoms with van der Waals surface area (Å²) in [6, 6.07) is 6.66. The summed E-state index contributed by atoms with van der Waals surface area (Å²) in [6.45, 7) is 3.70. The van der Waals surface area contributed by atoms with Crippen molar-refractivity contribution >= 4 is 23.3 Å². The van der Waals surface area contributed by atoms with E-state index in [0.29, 0.717) is 0 Å². The molecule has 1 saturated heterocycles. The van der Waals surface area contributed by atoms with E-state index in [0.717, 1.165) is 42.0 Å². The predicted molar refractivity (Wildman–Crippen MR) is 134 cm³/mol. The number of anilines is 1. The summed E-state index contributed by atoms with van der Waals surface area (Å²) >= 11 is 5.93. The second kappa shape index (κ2) is 9.95. The SMILES string of the molecule is Cc1nc(N2CC3CC3C2)ccc1Cn1cc(C(=O)NCc2c(-n3cnnn3)ccc(Cl)c2F)c(C(F)F)n1. The highest BCUT2D eigenvalue weighted by molar-refractivity contribution is 6.30.